The van der Waals surface area contributed by atoms with Crippen LogP contribution in [0.3, 0.4) is 0 Å². The number of carbonyl (C=O) groups excluding carboxylic acids is 1. The molecule has 138 valence electrons. The summed E-state index contributed by atoms with van der Waals surface area (Å²) in [6, 6.07) is 7.11. The molecule has 8 nitrogen and oxygen atoms in total. The molecule has 0 radical (unpaired) electrons. The fraction of sp³-hybridized carbons (Fsp3) is 0.389. The zero-order valence-corrected chi connectivity index (χ0v) is 14.9. The molecule has 0 unspecified atom stereocenters. The fourth-order valence-corrected chi connectivity index (χ4v) is 2.87. The number of hydrogen-bond donors (Lipinski definition) is 2. The lowest BCUT2D eigenvalue weighted by Crippen LogP contribution is -2.45. The Kier molecular flexibility index (Phi) is 5.52. The Hall–Kier alpha value is -2.87. The minimum Gasteiger partial charge on any atom is -0.497 e. The van der Waals surface area contributed by atoms with Gasteiger partial charge >= 0.3 is 6.03 Å². The third-order valence-electron chi connectivity index (χ3n) is 4.31. The number of benzene rings is 1. The predicted octanol–water partition coefficient (Wildman–Crippen LogP) is 1.16. The number of urea groups is 1. The van der Waals surface area contributed by atoms with Crippen LogP contribution >= 0.6 is 0 Å². The molecule has 1 aromatic carbocycles. The summed E-state index contributed by atoms with van der Waals surface area (Å²) >= 11 is 0. The summed E-state index contributed by atoms with van der Waals surface area (Å²) in [5.74, 6) is 1.21. The maximum absolute atomic E-state index is 12.4. The van der Waals surface area contributed by atoms with Crippen LogP contribution in [0.25, 0.3) is 11.4 Å². The van der Waals surface area contributed by atoms with E-state index < -0.39 is 0 Å². The molecule has 2 N–H and O–H groups in total. The second-order valence-corrected chi connectivity index (χ2v) is 5.96. The van der Waals surface area contributed by atoms with Crippen molar-refractivity contribution < 1.29 is 14.3 Å². The molecule has 3 rings (SSSR count). The van der Waals surface area contributed by atoms with Crippen molar-refractivity contribution in [2.45, 2.75) is 13.0 Å². The van der Waals surface area contributed by atoms with Gasteiger partial charge in [0.15, 0.2) is 0 Å². The molecule has 2 amide bonds. The third kappa shape index (κ3) is 3.85. The van der Waals surface area contributed by atoms with E-state index in [9.17, 15) is 9.59 Å². The normalized spacial score (nSPS) is 13.2. The molecular weight excluding hydrogens is 336 g/mol. The molecule has 0 fully saturated rings. The first-order valence-corrected chi connectivity index (χ1v) is 8.40. The number of aromatic amines is 1. The van der Waals surface area contributed by atoms with Gasteiger partial charge in [0.1, 0.15) is 11.6 Å². The molecule has 1 aliphatic heterocycles. The van der Waals surface area contributed by atoms with Gasteiger partial charge in [0.2, 0.25) is 0 Å². The van der Waals surface area contributed by atoms with Crippen LogP contribution in [-0.2, 0) is 17.7 Å². The van der Waals surface area contributed by atoms with E-state index in [1.165, 1.54) is 0 Å². The number of fused-ring (bicyclic) bond motifs is 1. The van der Waals surface area contributed by atoms with Crippen LogP contribution in [0, 0.1) is 0 Å². The largest absolute Gasteiger partial charge is 0.497 e. The Morgan fingerprint density at radius 2 is 2.08 bits per heavy atom. The van der Waals surface area contributed by atoms with Crippen LogP contribution in [0.2, 0.25) is 0 Å². The standard InChI is InChI=1S/C18H22N4O4/c1-25-10-8-19-18(24)22-9-7-14-15(11-22)20-16(21-17(14)23)12-3-5-13(26-2)6-4-12/h3-6H,7-11H2,1-2H3,(H,19,24)(H,20,21,23). The molecule has 8 heteroatoms. The van der Waals surface area contributed by atoms with Gasteiger partial charge in [-0.3, -0.25) is 4.79 Å². The molecule has 0 saturated heterocycles. The highest BCUT2D eigenvalue weighted by Gasteiger charge is 2.24. The Morgan fingerprint density at radius 3 is 2.77 bits per heavy atom. The number of nitrogens with zero attached hydrogens (tertiary/aromatic N) is 2. The lowest BCUT2D eigenvalue weighted by Gasteiger charge is -2.28. The molecule has 0 aliphatic carbocycles. The molecule has 1 aromatic heterocycles. The first-order valence-electron chi connectivity index (χ1n) is 8.40. The number of methoxy groups -OCH3 is 2. The van der Waals surface area contributed by atoms with Crippen molar-refractivity contribution in [1.29, 1.82) is 0 Å². The van der Waals surface area contributed by atoms with Gasteiger partial charge in [-0.1, -0.05) is 0 Å². The van der Waals surface area contributed by atoms with Crippen LogP contribution in [0.15, 0.2) is 29.1 Å². The number of hydrogen-bond acceptors (Lipinski definition) is 5. The van der Waals surface area contributed by atoms with E-state index in [1.807, 2.05) is 24.3 Å². The average molecular weight is 358 g/mol. The van der Waals surface area contributed by atoms with E-state index in [0.717, 1.165) is 11.3 Å². The van der Waals surface area contributed by atoms with E-state index >= 15 is 0 Å². The van der Waals surface area contributed by atoms with Gasteiger partial charge in [0.05, 0.1) is 26.0 Å². The quantitative estimate of drug-likeness (QED) is 0.782. The summed E-state index contributed by atoms with van der Waals surface area (Å²) in [6.07, 6.45) is 0.484. The van der Waals surface area contributed by atoms with Gasteiger partial charge in [0.25, 0.3) is 5.56 Å². The summed E-state index contributed by atoms with van der Waals surface area (Å²) in [5, 5.41) is 2.79. The average Bonchev–Trinajstić information content (AvgIpc) is 2.67. The molecular formula is C18H22N4O4. The maximum atomic E-state index is 12.4. The highest BCUT2D eigenvalue weighted by atomic mass is 16.5. The Bertz CT molecular complexity index is 832. The monoisotopic (exact) mass is 358 g/mol. The number of carbonyl (C=O) groups is 1. The number of nitrogens with one attached hydrogen (secondary N) is 2. The van der Waals surface area contributed by atoms with Crippen molar-refractivity contribution >= 4 is 6.03 Å². The van der Waals surface area contributed by atoms with Crippen molar-refractivity contribution in [2.75, 3.05) is 33.9 Å². The molecule has 2 heterocycles. The molecule has 1 aliphatic rings. The SMILES string of the molecule is COCCNC(=O)N1CCc2c(nc(-c3ccc(OC)cc3)[nH]c2=O)C1. The summed E-state index contributed by atoms with van der Waals surface area (Å²) in [6.45, 7) is 1.69. The topological polar surface area (TPSA) is 96.5 Å². The summed E-state index contributed by atoms with van der Waals surface area (Å²) < 4.78 is 10.1. The number of aromatic nitrogens is 2. The van der Waals surface area contributed by atoms with Crippen molar-refractivity contribution in [3.8, 4) is 17.1 Å². The predicted molar refractivity (Wildman–Crippen MR) is 96.2 cm³/mol. The second-order valence-electron chi connectivity index (χ2n) is 5.96. The minimum atomic E-state index is -0.180. The molecule has 2 aromatic rings. The number of rotatable bonds is 5. The minimum absolute atomic E-state index is 0.153. The van der Waals surface area contributed by atoms with Crippen molar-refractivity contribution in [3.63, 3.8) is 0 Å². The molecule has 26 heavy (non-hydrogen) atoms. The Morgan fingerprint density at radius 1 is 1.31 bits per heavy atom. The van der Waals surface area contributed by atoms with Gasteiger partial charge in [-0.15, -0.1) is 0 Å². The Balaban J connectivity index is 1.81. The first kappa shape index (κ1) is 17.9. The van der Waals surface area contributed by atoms with E-state index in [1.54, 1.807) is 19.1 Å². The lowest BCUT2D eigenvalue weighted by atomic mass is 10.1. The van der Waals surface area contributed by atoms with Crippen LogP contribution in [0.1, 0.15) is 11.3 Å². The second kappa shape index (κ2) is 8.01. The first-order chi connectivity index (χ1) is 12.6. The fourth-order valence-electron chi connectivity index (χ4n) is 2.87. The van der Waals surface area contributed by atoms with Crippen LogP contribution in [0.4, 0.5) is 4.79 Å². The van der Waals surface area contributed by atoms with Crippen LogP contribution in [0.5, 0.6) is 5.75 Å². The summed E-state index contributed by atoms with van der Waals surface area (Å²) in [7, 11) is 3.18. The van der Waals surface area contributed by atoms with Gasteiger partial charge in [-0.2, -0.15) is 0 Å². The number of H-pyrrole nitrogens is 1. The highest BCUT2D eigenvalue weighted by molar-refractivity contribution is 5.74. The number of amides is 2. The summed E-state index contributed by atoms with van der Waals surface area (Å²) in [5.41, 5.74) is 1.91. The van der Waals surface area contributed by atoms with E-state index in [4.69, 9.17) is 9.47 Å². The number of ether oxygens (including phenoxy) is 2. The van der Waals surface area contributed by atoms with Crippen LogP contribution in [-0.4, -0.2) is 54.8 Å². The zero-order chi connectivity index (χ0) is 18.5. The van der Waals surface area contributed by atoms with Crippen molar-refractivity contribution in [3.05, 3.63) is 45.9 Å². The van der Waals surface area contributed by atoms with Crippen LogP contribution < -0.4 is 15.6 Å². The van der Waals surface area contributed by atoms with Gasteiger partial charge in [-0.25, -0.2) is 9.78 Å². The Labute approximate surface area is 151 Å². The van der Waals surface area contributed by atoms with E-state index in [2.05, 4.69) is 15.3 Å². The van der Waals surface area contributed by atoms with E-state index in [-0.39, 0.29) is 11.6 Å². The third-order valence-corrected chi connectivity index (χ3v) is 4.31. The molecule has 0 atom stereocenters. The summed E-state index contributed by atoms with van der Waals surface area (Å²) in [4.78, 5) is 33.7. The smallest absolute Gasteiger partial charge is 0.317 e. The maximum Gasteiger partial charge on any atom is 0.317 e. The zero-order valence-electron chi connectivity index (χ0n) is 14.9. The van der Waals surface area contributed by atoms with Gasteiger partial charge in [0, 0.05) is 31.3 Å². The van der Waals surface area contributed by atoms with Crippen molar-refractivity contribution in [2.24, 2.45) is 0 Å². The molecule has 0 spiro atoms. The van der Waals surface area contributed by atoms with E-state index in [0.29, 0.717) is 49.7 Å². The highest BCUT2D eigenvalue weighted by Crippen LogP contribution is 2.21. The molecule has 0 bridgehead atoms. The molecule has 0 saturated carbocycles. The van der Waals surface area contributed by atoms with Crippen molar-refractivity contribution in [1.82, 2.24) is 20.2 Å². The lowest BCUT2D eigenvalue weighted by molar-refractivity contribution is 0.175. The van der Waals surface area contributed by atoms with Gasteiger partial charge in [-0.05, 0) is 30.7 Å². The van der Waals surface area contributed by atoms with Gasteiger partial charge < -0.3 is 24.7 Å².